The van der Waals surface area contributed by atoms with Gasteiger partial charge in [-0.2, -0.15) is 0 Å². The number of guanidine groups is 1. The molecule has 0 aliphatic carbocycles. The molecule has 8 heteroatoms. The summed E-state index contributed by atoms with van der Waals surface area (Å²) in [6.07, 6.45) is 1.31. The van der Waals surface area contributed by atoms with E-state index in [-0.39, 0.29) is 53.8 Å². The van der Waals surface area contributed by atoms with E-state index in [9.17, 15) is 9.59 Å². The van der Waals surface area contributed by atoms with E-state index in [2.05, 4.69) is 20.9 Å². The summed E-state index contributed by atoms with van der Waals surface area (Å²) < 4.78 is 0. The number of halogens is 1. The standard InChI is InChI=1S/C16H31N5O2.HI/c1-11(2)15(23)21-9-7-13(10-21)20-16(17-5)18-8-6-14(22)19-12(3)4;/h11-13H,6-10H2,1-5H3,(H,19,22)(H2,17,18,20);1H. The van der Waals surface area contributed by atoms with Crippen LogP contribution < -0.4 is 16.0 Å². The van der Waals surface area contributed by atoms with E-state index < -0.39 is 0 Å². The molecule has 0 bridgehead atoms. The first-order chi connectivity index (χ1) is 10.8. The van der Waals surface area contributed by atoms with E-state index in [0.29, 0.717) is 25.5 Å². The van der Waals surface area contributed by atoms with Crippen LogP contribution in [0.5, 0.6) is 0 Å². The lowest BCUT2D eigenvalue weighted by atomic mass is 10.2. The number of nitrogens with one attached hydrogen (secondary N) is 3. The van der Waals surface area contributed by atoms with Crippen molar-refractivity contribution in [3.8, 4) is 0 Å². The highest BCUT2D eigenvalue weighted by atomic mass is 127. The molecule has 1 fully saturated rings. The number of hydrogen-bond acceptors (Lipinski definition) is 3. The van der Waals surface area contributed by atoms with Crippen molar-refractivity contribution in [2.45, 2.75) is 52.6 Å². The third-order valence-electron chi connectivity index (χ3n) is 3.65. The van der Waals surface area contributed by atoms with Crippen LogP contribution in [0.25, 0.3) is 0 Å². The zero-order chi connectivity index (χ0) is 17.4. The molecule has 0 aromatic rings. The molecule has 0 spiro atoms. The largest absolute Gasteiger partial charge is 0.356 e. The maximum atomic E-state index is 12.0. The predicted molar refractivity (Wildman–Crippen MR) is 108 cm³/mol. The summed E-state index contributed by atoms with van der Waals surface area (Å²) >= 11 is 0. The molecule has 1 aliphatic rings. The summed E-state index contributed by atoms with van der Waals surface area (Å²) in [5.41, 5.74) is 0. The Bertz CT molecular complexity index is 440. The fourth-order valence-electron chi connectivity index (χ4n) is 2.52. The Morgan fingerprint density at radius 3 is 2.46 bits per heavy atom. The SMILES string of the molecule is CN=C(NCCC(=O)NC(C)C)NC1CCN(C(=O)C(C)C)C1.I. The van der Waals surface area contributed by atoms with Gasteiger partial charge >= 0.3 is 0 Å². The highest BCUT2D eigenvalue weighted by Gasteiger charge is 2.27. The first-order valence-electron chi connectivity index (χ1n) is 8.38. The van der Waals surface area contributed by atoms with Gasteiger partial charge in [-0.15, -0.1) is 24.0 Å². The van der Waals surface area contributed by atoms with Gasteiger partial charge in [-0.05, 0) is 20.3 Å². The summed E-state index contributed by atoms with van der Waals surface area (Å²) in [5, 5.41) is 9.31. The van der Waals surface area contributed by atoms with Crippen LogP contribution in [0.4, 0.5) is 0 Å². The molecule has 1 atom stereocenters. The molecule has 1 saturated heterocycles. The van der Waals surface area contributed by atoms with Crippen molar-refractivity contribution < 1.29 is 9.59 Å². The van der Waals surface area contributed by atoms with Gasteiger partial charge in [-0.25, -0.2) is 0 Å². The minimum atomic E-state index is 0. The van der Waals surface area contributed by atoms with Crippen LogP contribution >= 0.6 is 24.0 Å². The molecule has 1 aliphatic heterocycles. The van der Waals surface area contributed by atoms with Gasteiger partial charge in [0.15, 0.2) is 5.96 Å². The fraction of sp³-hybridized carbons (Fsp3) is 0.812. The van der Waals surface area contributed by atoms with Gasteiger partial charge in [-0.3, -0.25) is 14.6 Å². The quantitative estimate of drug-likeness (QED) is 0.318. The number of amides is 2. The highest BCUT2D eigenvalue weighted by molar-refractivity contribution is 14.0. The van der Waals surface area contributed by atoms with Crippen LogP contribution in [-0.2, 0) is 9.59 Å². The number of likely N-dealkylation sites (tertiary alicyclic amines) is 1. The lowest BCUT2D eigenvalue weighted by Gasteiger charge is -2.20. The van der Waals surface area contributed by atoms with Crippen LogP contribution in [0.15, 0.2) is 4.99 Å². The minimum Gasteiger partial charge on any atom is -0.356 e. The lowest BCUT2D eigenvalue weighted by molar-refractivity contribution is -0.133. The Kier molecular flexibility index (Phi) is 11.0. The molecule has 0 aromatic carbocycles. The van der Waals surface area contributed by atoms with E-state index in [1.807, 2.05) is 32.6 Å². The van der Waals surface area contributed by atoms with E-state index in [4.69, 9.17) is 0 Å². The molecule has 0 radical (unpaired) electrons. The van der Waals surface area contributed by atoms with Crippen molar-refractivity contribution in [1.29, 1.82) is 0 Å². The van der Waals surface area contributed by atoms with Gasteiger partial charge in [0.25, 0.3) is 0 Å². The Morgan fingerprint density at radius 2 is 1.92 bits per heavy atom. The average Bonchev–Trinajstić information content (AvgIpc) is 2.92. The van der Waals surface area contributed by atoms with Gasteiger partial charge in [0.05, 0.1) is 0 Å². The first-order valence-corrected chi connectivity index (χ1v) is 8.38. The van der Waals surface area contributed by atoms with E-state index in [1.165, 1.54) is 0 Å². The molecule has 140 valence electrons. The number of carbonyl (C=O) groups excluding carboxylic acids is 2. The maximum absolute atomic E-state index is 12.0. The molecule has 3 N–H and O–H groups in total. The monoisotopic (exact) mass is 453 g/mol. The second-order valence-electron chi connectivity index (χ2n) is 6.54. The summed E-state index contributed by atoms with van der Waals surface area (Å²) in [6.45, 7) is 9.73. The summed E-state index contributed by atoms with van der Waals surface area (Å²) in [5.74, 6) is 0.928. The Labute approximate surface area is 162 Å². The first kappa shape index (κ1) is 22.9. The van der Waals surface area contributed by atoms with Crippen molar-refractivity contribution in [1.82, 2.24) is 20.9 Å². The van der Waals surface area contributed by atoms with Gasteiger partial charge < -0.3 is 20.9 Å². The van der Waals surface area contributed by atoms with E-state index in [1.54, 1.807) is 7.05 Å². The topological polar surface area (TPSA) is 85.8 Å². The van der Waals surface area contributed by atoms with Crippen molar-refractivity contribution in [2.75, 3.05) is 26.7 Å². The van der Waals surface area contributed by atoms with E-state index >= 15 is 0 Å². The molecule has 1 unspecified atom stereocenters. The number of rotatable bonds is 6. The van der Waals surface area contributed by atoms with Gasteiger partial charge in [-0.1, -0.05) is 13.8 Å². The average molecular weight is 453 g/mol. The van der Waals surface area contributed by atoms with E-state index in [0.717, 1.165) is 13.0 Å². The molecular formula is C16H32IN5O2. The third-order valence-corrected chi connectivity index (χ3v) is 3.65. The van der Waals surface area contributed by atoms with Gasteiger partial charge in [0, 0.05) is 51.1 Å². The lowest BCUT2D eigenvalue weighted by Crippen LogP contribution is -2.46. The predicted octanol–water partition coefficient (Wildman–Crippen LogP) is 0.941. The molecule has 0 saturated carbocycles. The molecule has 0 aromatic heterocycles. The van der Waals surface area contributed by atoms with Crippen LogP contribution in [0.2, 0.25) is 0 Å². The molecule has 24 heavy (non-hydrogen) atoms. The normalized spacial score (nSPS) is 17.7. The van der Waals surface area contributed by atoms with Crippen LogP contribution in [-0.4, -0.2) is 61.4 Å². The second kappa shape index (κ2) is 11.5. The number of carbonyl (C=O) groups is 2. The van der Waals surface area contributed by atoms with Crippen LogP contribution in [0.1, 0.15) is 40.5 Å². The van der Waals surface area contributed by atoms with Crippen LogP contribution in [0, 0.1) is 5.92 Å². The number of hydrogen-bond donors (Lipinski definition) is 3. The molecular weight excluding hydrogens is 421 g/mol. The third kappa shape index (κ3) is 8.16. The van der Waals surface area contributed by atoms with Crippen molar-refractivity contribution in [2.24, 2.45) is 10.9 Å². The minimum absolute atomic E-state index is 0. The van der Waals surface area contributed by atoms with Gasteiger partial charge in [0.1, 0.15) is 0 Å². The fourth-order valence-corrected chi connectivity index (χ4v) is 2.52. The smallest absolute Gasteiger partial charge is 0.225 e. The second-order valence-corrected chi connectivity index (χ2v) is 6.54. The van der Waals surface area contributed by atoms with Gasteiger partial charge in [0.2, 0.25) is 11.8 Å². The molecule has 7 nitrogen and oxygen atoms in total. The zero-order valence-electron chi connectivity index (χ0n) is 15.4. The van der Waals surface area contributed by atoms with Crippen LogP contribution in [0.3, 0.4) is 0 Å². The molecule has 2 amide bonds. The number of aliphatic imine (C=N–C) groups is 1. The highest BCUT2D eigenvalue weighted by Crippen LogP contribution is 2.12. The molecule has 1 heterocycles. The van der Waals surface area contributed by atoms with Crippen molar-refractivity contribution in [3.63, 3.8) is 0 Å². The zero-order valence-corrected chi connectivity index (χ0v) is 17.7. The number of nitrogens with zero attached hydrogens (tertiary/aromatic N) is 2. The van der Waals surface area contributed by atoms with Crippen molar-refractivity contribution in [3.05, 3.63) is 0 Å². The summed E-state index contributed by atoms with van der Waals surface area (Å²) in [7, 11) is 1.70. The Morgan fingerprint density at radius 1 is 1.25 bits per heavy atom. The molecule has 1 rings (SSSR count). The summed E-state index contributed by atoms with van der Waals surface area (Å²) in [4.78, 5) is 29.7. The summed E-state index contributed by atoms with van der Waals surface area (Å²) in [6, 6.07) is 0.358. The Hall–Kier alpha value is -1.06. The Balaban J connectivity index is 0.00000529. The van der Waals surface area contributed by atoms with Crippen molar-refractivity contribution >= 4 is 41.8 Å². The maximum Gasteiger partial charge on any atom is 0.225 e.